The first-order valence-electron chi connectivity index (χ1n) is 2.15. The molecular weight excluding hydrogens is 126 g/mol. The Kier molecular flexibility index (Phi) is 1.11. The molecule has 0 saturated carbocycles. The number of nitrogens with one attached hydrogen (secondary N) is 1. The fraction of sp³-hybridized carbons (Fsp3) is 0. The summed E-state index contributed by atoms with van der Waals surface area (Å²) in [4.78, 5) is 4.23. The van der Waals surface area contributed by atoms with Gasteiger partial charge in [-0.1, -0.05) is 0 Å². The maximum atomic E-state index is 8.62. The van der Waals surface area contributed by atoms with E-state index in [9.17, 15) is 0 Å². The largest absolute Gasteiger partial charge is 0.502 e. The smallest absolute Gasteiger partial charge is 0.265 e. The molecule has 0 saturated heterocycles. The summed E-state index contributed by atoms with van der Waals surface area (Å²) in [5.41, 5.74) is 1.91. The van der Waals surface area contributed by atoms with E-state index in [0.717, 1.165) is 6.26 Å². The van der Waals surface area contributed by atoms with Crippen LogP contribution in [0.3, 0.4) is 0 Å². The van der Waals surface area contributed by atoms with Crippen LogP contribution in [0, 0.1) is 0 Å². The van der Waals surface area contributed by atoms with Crippen LogP contribution >= 0.6 is 0 Å². The Bertz CT molecular complexity index is 183. The normalized spacial score (nSPS) is 18.0. The topological polar surface area (TPSA) is 82.0 Å². The van der Waals surface area contributed by atoms with Gasteiger partial charge in [0.1, 0.15) is 0 Å². The molecule has 0 aromatic heterocycles. The van der Waals surface area contributed by atoms with Crippen LogP contribution in [0.15, 0.2) is 23.7 Å². The summed E-state index contributed by atoms with van der Waals surface area (Å²) < 4.78 is 0. The van der Waals surface area contributed by atoms with Crippen LogP contribution in [0.4, 0.5) is 0 Å². The van der Waals surface area contributed by atoms with E-state index in [1.165, 1.54) is 0 Å². The van der Waals surface area contributed by atoms with Crippen molar-refractivity contribution < 1.29 is 20.2 Å². The second kappa shape index (κ2) is 1.77. The molecule has 0 aromatic carbocycles. The molecule has 1 aliphatic heterocycles. The summed E-state index contributed by atoms with van der Waals surface area (Å²) in [6, 6.07) is 0. The molecule has 0 aromatic rings. The maximum Gasteiger partial charge on any atom is 0.265 e. The quantitative estimate of drug-likeness (QED) is 0.377. The highest BCUT2D eigenvalue weighted by atomic mass is 16.7. The van der Waals surface area contributed by atoms with E-state index in [2.05, 4.69) is 4.84 Å². The van der Waals surface area contributed by atoms with Gasteiger partial charge in [-0.05, 0) is 0 Å². The Balaban J connectivity index is 2.88. The molecule has 1 aliphatic rings. The maximum absolute atomic E-state index is 8.62. The average molecular weight is 131 g/mol. The van der Waals surface area contributed by atoms with E-state index in [0.29, 0.717) is 0 Å². The van der Waals surface area contributed by atoms with Crippen LogP contribution in [-0.4, -0.2) is 15.3 Å². The van der Waals surface area contributed by atoms with Crippen molar-refractivity contribution in [3.8, 4) is 0 Å². The van der Waals surface area contributed by atoms with Gasteiger partial charge in [-0.15, -0.1) is 0 Å². The Morgan fingerprint density at radius 3 is 2.44 bits per heavy atom. The van der Waals surface area contributed by atoms with Crippen LogP contribution in [0.2, 0.25) is 0 Å². The number of rotatable bonds is 0. The average Bonchev–Trinajstić information content (AvgIpc) is 1.83. The molecule has 0 aliphatic carbocycles. The first-order chi connectivity index (χ1) is 4.22. The van der Waals surface area contributed by atoms with Gasteiger partial charge < -0.3 is 20.2 Å². The molecule has 5 nitrogen and oxygen atoms in total. The molecule has 0 fully saturated rings. The second-order valence-corrected chi connectivity index (χ2v) is 1.42. The SMILES string of the molecule is OC1=CONC(O)=C1O. The van der Waals surface area contributed by atoms with Crippen LogP contribution in [-0.2, 0) is 4.84 Å². The Morgan fingerprint density at radius 2 is 2.00 bits per heavy atom. The molecule has 4 N–H and O–H groups in total. The highest BCUT2D eigenvalue weighted by Crippen LogP contribution is 2.08. The predicted octanol–water partition coefficient (Wildman–Crippen LogP) is 0.206. The molecule has 0 spiro atoms. The molecule has 50 valence electrons. The summed E-state index contributed by atoms with van der Waals surface area (Å²) in [7, 11) is 0. The molecule has 0 atom stereocenters. The molecule has 5 heteroatoms. The van der Waals surface area contributed by atoms with Crippen LogP contribution in [0.5, 0.6) is 0 Å². The first-order valence-corrected chi connectivity index (χ1v) is 2.15. The highest BCUT2D eigenvalue weighted by Gasteiger charge is 2.13. The monoisotopic (exact) mass is 131 g/mol. The van der Waals surface area contributed by atoms with E-state index in [-0.39, 0.29) is 0 Å². The fourth-order valence-electron chi connectivity index (χ4n) is 0.367. The number of aliphatic hydroxyl groups is 3. The van der Waals surface area contributed by atoms with E-state index in [1.807, 2.05) is 5.48 Å². The van der Waals surface area contributed by atoms with E-state index in [1.54, 1.807) is 0 Å². The minimum Gasteiger partial charge on any atom is -0.502 e. The van der Waals surface area contributed by atoms with Crippen LogP contribution < -0.4 is 5.48 Å². The fourth-order valence-corrected chi connectivity index (χ4v) is 0.367. The van der Waals surface area contributed by atoms with Crippen molar-refractivity contribution in [3.05, 3.63) is 23.7 Å². The van der Waals surface area contributed by atoms with Gasteiger partial charge in [-0.3, -0.25) is 0 Å². The molecule has 1 rings (SSSR count). The lowest BCUT2D eigenvalue weighted by molar-refractivity contribution is 0.0778. The summed E-state index contributed by atoms with van der Waals surface area (Å²) in [6.45, 7) is 0. The van der Waals surface area contributed by atoms with Gasteiger partial charge in [-0.2, -0.15) is 5.48 Å². The van der Waals surface area contributed by atoms with Crippen molar-refractivity contribution in [2.24, 2.45) is 0 Å². The molecule has 9 heavy (non-hydrogen) atoms. The van der Waals surface area contributed by atoms with Gasteiger partial charge in [0.05, 0.1) is 0 Å². The highest BCUT2D eigenvalue weighted by molar-refractivity contribution is 5.19. The summed E-state index contributed by atoms with van der Waals surface area (Å²) in [5, 5.41) is 25.7. The number of hydrogen-bond acceptors (Lipinski definition) is 5. The molecule has 1 heterocycles. The Hall–Kier alpha value is -1.52. The van der Waals surface area contributed by atoms with Gasteiger partial charge in [-0.25, -0.2) is 0 Å². The van der Waals surface area contributed by atoms with E-state index >= 15 is 0 Å². The van der Waals surface area contributed by atoms with Gasteiger partial charge >= 0.3 is 0 Å². The van der Waals surface area contributed by atoms with E-state index in [4.69, 9.17) is 15.3 Å². The summed E-state index contributed by atoms with van der Waals surface area (Å²) >= 11 is 0. The molecular formula is C4H5NO4. The first kappa shape index (κ1) is 5.61. The summed E-state index contributed by atoms with van der Waals surface area (Å²) in [5.74, 6) is -1.73. The van der Waals surface area contributed by atoms with Crippen molar-refractivity contribution in [3.63, 3.8) is 0 Å². The Morgan fingerprint density at radius 1 is 1.33 bits per heavy atom. The standard InChI is InChI=1S/C4H5NO4/c6-2-1-9-5-4(8)3(2)7/h1,5-8H. The lowest BCUT2D eigenvalue weighted by Crippen LogP contribution is -2.18. The third kappa shape index (κ3) is 0.835. The van der Waals surface area contributed by atoms with E-state index < -0.39 is 17.4 Å². The zero-order valence-electron chi connectivity index (χ0n) is 4.33. The predicted molar refractivity (Wildman–Crippen MR) is 27.2 cm³/mol. The zero-order chi connectivity index (χ0) is 6.85. The minimum absolute atomic E-state index is 0.508. The van der Waals surface area contributed by atoms with Gasteiger partial charge in [0.2, 0.25) is 11.5 Å². The van der Waals surface area contributed by atoms with Crippen LogP contribution in [0.25, 0.3) is 0 Å². The van der Waals surface area contributed by atoms with Crippen molar-refractivity contribution in [2.45, 2.75) is 0 Å². The number of aliphatic hydroxyl groups excluding tert-OH is 3. The minimum atomic E-state index is -0.624. The third-order valence-electron chi connectivity index (χ3n) is 0.793. The molecule has 0 unspecified atom stereocenters. The van der Waals surface area contributed by atoms with Crippen LogP contribution in [0.1, 0.15) is 0 Å². The molecule has 0 bridgehead atoms. The van der Waals surface area contributed by atoms with Gasteiger partial charge in [0.25, 0.3) is 5.88 Å². The zero-order valence-corrected chi connectivity index (χ0v) is 4.33. The third-order valence-corrected chi connectivity index (χ3v) is 0.793. The van der Waals surface area contributed by atoms with Crippen molar-refractivity contribution in [1.82, 2.24) is 5.48 Å². The molecule has 0 amide bonds. The Labute approximate surface area is 50.4 Å². The number of hydroxylamine groups is 1. The number of hydrogen-bond donors (Lipinski definition) is 4. The second-order valence-electron chi connectivity index (χ2n) is 1.42. The van der Waals surface area contributed by atoms with Crippen molar-refractivity contribution in [2.75, 3.05) is 0 Å². The lowest BCUT2D eigenvalue weighted by atomic mass is 10.4. The molecule has 0 radical (unpaired) electrons. The lowest BCUT2D eigenvalue weighted by Gasteiger charge is -2.10. The van der Waals surface area contributed by atoms with Crippen molar-refractivity contribution >= 4 is 0 Å². The van der Waals surface area contributed by atoms with Gasteiger partial charge in [0, 0.05) is 0 Å². The van der Waals surface area contributed by atoms with Gasteiger partial charge in [0.15, 0.2) is 6.26 Å². The summed E-state index contributed by atoms with van der Waals surface area (Å²) in [6.07, 6.45) is 0.856. The van der Waals surface area contributed by atoms with Crippen molar-refractivity contribution in [1.29, 1.82) is 0 Å².